The van der Waals surface area contributed by atoms with Gasteiger partial charge in [0.05, 0.1) is 4.92 Å². The first-order chi connectivity index (χ1) is 11.9. The zero-order valence-corrected chi connectivity index (χ0v) is 14.1. The highest BCUT2D eigenvalue weighted by Crippen LogP contribution is 2.26. The van der Waals surface area contributed by atoms with E-state index in [9.17, 15) is 14.9 Å². The van der Waals surface area contributed by atoms with Crippen molar-refractivity contribution in [3.8, 4) is 0 Å². The van der Waals surface area contributed by atoms with Crippen LogP contribution in [0, 0.1) is 30.9 Å². The van der Waals surface area contributed by atoms with Crippen molar-refractivity contribution < 1.29 is 14.5 Å². The van der Waals surface area contributed by atoms with Crippen LogP contribution in [0.1, 0.15) is 27.8 Å². The second-order valence-corrected chi connectivity index (χ2v) is 5.90. The van der Waals surface area contributed by atoms with Crippen LogP contribution in [0.15, 0.2) is 47.1 Å². The second-order valence-electron chi connectivity index (χ2n) is 5.90. The zero-order valence-electron chi connectivity index (χ0n) is 14.1. The lowest BCUT2D eigenvalue weighted by Gasteiger charge is -2.04. The van der Waals surface area contributed by atoms with E-state index < -0.39 is 10.9 Å². The molecular weight excluding hydrogens is 320 g/mol. The minimum absolute atomic E-state index is 0.0387. The molecule has 25 heavy (non-hydrogen) atoms. The predicted octanol–water partition coefficient (Wildman–Crippen LogP) is 3.86. The molecule has 0 radical (unpaired) electrons. The molecule has 0 aromatic heterocycles. The lowest BCUT2D eigenvalue weighted by atomic mass is 10.0. The van der Waals surface area contributed by atoms with E-state index in [4.69, 9.17) is 4.74 Å². The summed E-state index contributed by atoms with van der Waals surface area (Å²) in [5, 5.41) is 11.1. The first-order valence-electron chi connectivity index (χ1n) is 7.71. The highest BCUT2D eigenvalue weighted by atomic mass is 16.6. The van der Waals surface area contributed by atoms with Crippen LogP contribution in [-0.4, -0.2) is 16.8 Å². The topological polar surface area (TPSA) is 81.8 Å². The lowest BCUT2D eigenvalue weighted by molar-refractivity contribution is -0.385. The number of nitro groups is 1. The number of rotatable bonds is 3. The van der Waals surface area contributed by atoms with Crippen molar-refractivity contribution in [1.29, 1.82) is 0 Å². The van der Waals surface area contributed by atoms with Gasteiger partial charge in [0.2, 0.25) is 5.90 Å². The summed E-state index contributed by atoms with van der Waals surface area (Å²) in [5.74, 6) is -0.482. The fourth-order valence-corrected chi connectivity index (χ4v) is 2.64. The van der Waals surface area contributed by atoms with E-state index in [1.807, 2.05) is 32.0 Å². The van der Waals surface area contributed by atoms with Crippen LogP contribution < -0.4 is 0 Å². The Kier molecular flexibility index (Phi) is 4.19. The number of hydrogen-bond acceptors (Lipinski definition) is 5. The largest absolute Gasteiger partial charge is 0.402 e. The number of nitro benzene ring substituents is 1. The molecule has 1 aliphatic heterocycles. The molecule has 0 amide bonds. The number of cyclic esters (lactones) is 1. The maximum Gasteiger partial charge on any atom is 0.363 e. The Morgan fingerprint density at radius 3 is 2.64 bits per heavy atom. The predicted molar refractivity (Wildman–Crippen MR) is 94.4 cm³/mol. The third kappa shape index (κ3) is 3.19. The monoisotopic (exact) mass is 336 g/mol. The highest BCUT2D eigenvalue weighted by Gasteiger charge is 2.27. The Morgan fingerprint density at radius 1 is 1.16 bits per heavy atom. The molecule has 0 saturated heterocycles. The number of benzene rings is 2. The molecule has 1 aliphatic rings. The molecule has 0 atom stereocenters. The number of carbonyl (C=O) groups excluding carboxylic acids is 1. The molecule has 6 heteroatoms. The van der Waals surface area contributed by atoms with Gasteiger partial charge >= 0.3 is 5.97 Å². The maximum absolute atomic E-state index is 12.1. The summed E-state index contributed by atoms with van der Waals surface area (Å²) in [7, 11) is 0. The second kappa shape index (κ2) is 6.32. The summed E-state index contributed by atoms with van der Waals surface area (Å²) in [6.45, 7) is 5.52. The molecular formula is C19H16N2O4. The quantitative estimate of drug-likeness (QED) is 0.369. The van der Waals surface area contributed by atoms with Gasteiger partial charge in [-0.3, -0.25) is 10.1 Å². The summed E-state index contributed by atoms with van der Waals surface area (Å²) in [6, 6.07) is 10.5. The SMILES string of the molecule is Cc1ccc(C)c(/C=C2\N=C(c3cccc([N+](=O)[O-])c3C)OC2=O)c1. The van der Waals surface area contributed by atoms with E-state index in [1.165, 1.54) is 6.07 Å². The molecule has 0 unspecified atom stereocenters. The van der Waals surface area contributed by atoms with E-state index in [1.54, 1.807) is 25.1 Å². The van der Waals surface area contributed by atoms with Crippen molar-refractivity contribution in [3.63, 3.8) is 0 Å². The van der Waals surface area contributed by atoms with Crippen LogP contribution in [0.2, 0.25) is 0 Å². The summed E-state index contributed by atoms with van der Waals surface area (Å²) in [5.41, 5.74) is 3.95. The Balaban J connectivity index is 2.04. The first-order valence-corrected chi connectivity index (χ1v) is 7.71. The third-order valence-electron chi connectivity index (χ3n) is 4.08. The van der Waals surface area contributed by atoms with E-state index in [2.05, 4.69) is 4.99 Å². The Labute approximate surface area is 144 Å². The van der Waals surface area contributed by atoms with Crippen molar-refractivity contribution in [2.75, 3.05) is 0 Å². The van der Waals surface area contributed by atoms with Crippen LogP contribution in [0.25, 0.3) is 6.08 Å². The summed E-state index contributed by atoms with van der Waals surface area (Å²) in [4.78, 5) is 27.0. The molecule has 2 aromatic rings. The Hall–Kier alpha value is -3.28. The minimum Gasteiger partial charge on any atom is -0.402 e. The van der Waals surface area contributed by atoms with Gasteiger partial charge in [0.15, 0.2) is 5.70 Å². The highest BCUT2D eigenvalue weighted by molar-refractivity contribution is 6.13. The van der Waals surface area contributed by atoms with E-state index in [0.29, 0.717) is 11.1 Å². The number of hydrogen-bond donors (Lipinski definition) is 0. The van der Waals surface area contributed by atoms with Gasteiger partial charge in [-0.2, -0.15) is 0 Å². The van der Waals surface area contributed by atoms with Gasteiger partial charge in [-0.25, -0.2) is 9.79 Å². The van der Waals surface area contributed by atoms with Crippen LogP contribution in [0.5, 0.6) is 0 Å². The number of aryl methyl sites for hydroxylation is 2. The van der Waals surface area contributed by atoms with E-state index in [0.717, 1.165) is 16.7 Å². The van der Waals surface area contributed by atoms with Crippen molar-refractivity contribution in [2.24, 2.45) is 4.99 Å². The Bertz CT molecular complexity index is 958. The van der Waals surface area contributed by atoms with Gasteiger partial charge in [0.1, 0.15) is 0 Å². The molecule has 3 rings (SSSR count). The standard InChI is InChI=1S/C19H16N2O4/c1-11-7-8-12(2)14(9-11)10-16-19(22)25-18(20-16)15-5-4-6-17(13(15)3)21(23)24/h4-10H,1-3H3/b16-10-. The molecule has 0 saturated carbocycles. The normalized spacial score (nSPS) is 15.2. The number of aliphatic imine (C=N–C) groups is 1. The van der Waals surface area contributed by atoms with Crippen LogP contribution in [-0.2, 0) is 9.53 Å². The minimum atomic E-state index is -0.568. The van der Waals surface area contributed by atoms with E-state index in [-0.39, 0.29) is 17.3 Å². The molecule has 0 N–H and O–H groups in total. The van der Waals surface area contributed by atoms with Crippen LogP contribution >= 0.6 is 0 Å². The van der Waals surface area contributed by atoms with Gasteiger partial charge in [-0.15, -0.1) is 0 Å². The molecule has 0 fully saturated rings. The number of carbonyl (C=O) groups is 1. The average Bonchev–Trinajstić information content (AvgIpc) is 2.91. The Morgan fingerprint density at radius 2 is 1.92 bits per heavy atom. The van der Waals surface area contributed by atoms with Crippen molar-refractivity contribution in [1.82, 2.24) is 0 Å². The van der Waals surface area contributed by atoms with Gasteiger partial charge in [0, 0.05) is 17.2 Å². The zero-order chi connectivity index (χ0) is 18.1. The van der Waals surface area contributed by atoms with Gasteiger partial charge in [0.25, 0.3) is 5.69 Å². The first kappa shape index (κ1) is 16.6. The van der Waals surface area contributed by atoms with Crippen LogP contribution in [0.4, 0.5) is 5.69 Å². The number of nitrogens with zero attached hydrogens (tertiary/aromatic N) is 2. The molecule has 6 nitrogen and oxygen atoms in total. The molecule has 0 spiro atoms. The summed E-state index contributed by atoms with van der Waals surface area (Å²) < 4.78 is 5.24. The average molecular weight is 336 g/mol. The molecule has 0 bridgehead atoms. The van der Waals surface area contributed by atoms with Crippen molar-refractivity contribution in [3.05, 3.63) is 80.0 Å². The van der Waals surface area contributed by atoms with Gasteiger partial charge in [-0.1, -0.05) is 29.8 Å². The van der Waals surface area contributed by atoms with Gasteiger partial charge in [-0.05, 0) is 44.0 Å². The summed E-state index contributed by atoms with van der Waals surface area (Å²) >= 11 is 0. The molecule has 1 heterocycles. The molecule has 0 aliphatic carbocycles. The number of esters is 1. The fourth-order valence-electron chi connectivity index (χ4n) is 2.64. The van der Waals surface area contributed by atoms with Crippen molar-refractivity contribution in [2.45, 2.75) is 20.8 Å². The van der Waals surface area contributed by atoms with E-state index >= 15 is 0 Å². The molecule has 2 aromatic carbocycles. The van der Waals surface area contributed by atoms with Gasteiger partial charge < -0.3 is 4.74 Å². The lowest BCUT2D eigenvalue weighted by Crippen LogP contribution is -2.08. The maximum atomic E-state index is 12.1. The molecule has 126 valence electrons. The summed E-state index contributed by atoms with van der Waals surface area (Å²) in [6.07, 6.45) is 1.67. The van der Waals surface area contributed by atoms with Crippen LogP contribution in [0.3, 0.4) is 0 Å². The number of ether oxygens (including phenoxy) is 1. The smallest absolute Gasteiger partial charge is 0.363 e. The fraction of sp³-hybridized carbons (Fsp3) is 0.158. The van der Waals surface area contributed by atoms with Crippen molar-refractivity contribution >= 4 is 23.6 Å². The third-order valence-corrected chi connectivity index (χ3v) is 4.08.